The molecule has 10 heteroatoms. The quantitative estimate of drug-likeness (QED) is 0.264. The zero-order valence-electron chi connectivity index (χ0n) is 7.44. The number of hydrogen-bond donors (Lipinski definition) is 0. The number of nitro groups is 1. The topological polar surface area (TPSA) is 126 Å². The summed E-state index contributed by atoms with van der Waals surface area (Å²) < 4.78 is 37.7. The van der Waals surface area contributed by atoms with Gasteiger partial charge >= 0.3 is 5.69 Å². The smallest absolute Gasteiger partial charge is 0.258 e. The second-order valence-electron chi connectivity index (χ2n) is 2.52. The average Bonchev–Trinajstić information content (AvgIpc) is 2.16. The number of rotatable bonds is 3. The summed E-state index contributed by atoms with van der Waals surface area (Å²) in [5, 5.41) is 10.2. The Morgan fingerprint density at radius 2 is 2.12 bits per heavy atom. The fourth-order valence-corrected chi connectivity index (χ4v) is 1.57. The third kappa shape index (κ3) is 2.24. The van der Waals surface area contributed by atoms with E-state index in [1.165, 1.54) is 0 Å². The van der Waals surface area contributed by atoms with E-state index in [1.807, 2.05) is 0 Å². The second-order valence-corrected chi connectivity index (χ2v) is 4.10. The van der Waals surface area contributed by atoms with Gasteiger partial charge in [0.1, 0.15) is 0 Å². The van der Waals surface area contributed by atoms with Crippen LogP contribution in [0.1, 0.15) is 0 Å². The summed E-state index contributed by atoms with van der Waals surface area (Å²) in [4.78, 5) is 10.6. The minimum absolute atomic E-state index is 0.419. The van der Waals surface area contributed by atoms with Crippen LogP contribution in [0, 0.1) is 15.9 Å². The third-order valence-electron chi connectivity index (χ3n) is 1.56. The first-order chi connectivity index (χ1) is 7.38. The van der Waals surface area contributed by atoms with Crippen LogP contribution in [0.5, 0.6) is 0 Å². The van der Waals surface area contributed by atoms with E-state index < -0.39 is 31.3 Å². The van der Waals surface area contributed by atoms with Crippen LogP contribution in [-0.4, -0.2) is 13.3 Å². The molecule has 1 aromatic carbocycles. The molecule has 0 aromatic heterocycles. The van der Waals surface area contributed by atoms with Crippen molar-refractivity contribution < 1.29 is 17.7 Å². The van der Waals surface area contributed by atoms with Gasteiger partial charge in [-0.2, -0.15) is 4.39 Å². The molecular formula is C6H3FN4O4S. The van der Waals surface area contributed by atoms with Gasteiger partial charge in [-0.25, -0.2) is 8.42 Å². The molecule has 0 atom stereocenters. The van der Waals surface area contributed by atoms with Crippen molar-refractivity contribution in [1.29, 1.82) is 0 Å². The number of hydrogen-bond acceptors (Lipinski definition) is 4. The predicted octanol–water partition coefficient (Wildman–Crippen LogP) is 1.73. The monoisotopic (exact) mass is 246 g/mol. The van der Waals surface area contributed by atoms with Crippen LogP contribution in [0.3, 0.4) is 0 Å². The van der Waals surface area contributed by atoms with E-state index in [0.29, 0.717) is 12.1 Å². The van der Waals surface area contributed by atoms with E-state index in [9.17, 15) is 22.9 Å². The minimum atomic E-state index is -4.33. The number of nitrogens with zero attached hydrogens (tertiary/aromatic N) is 4. The molecule has 84 valence electrons. The number of benzene rings is 1. The molecular weight excluding hydrogens is 243 g/mol. The van der Waals surface area contributed by atoms with Gasteiger partial charge in [0.05, 0.1) is 9.82 Å². The Labute approximate surface area is 88.1 Å². The van der Waals surface area contributed by atoms with Gasteiger partial charge < -0.3 is 0 Å². The second kappa shape index (κ2) is 4.13. The molecule has 0 heterocycles. The minimum Gasteiger partial charge on any atom is -0.258 e. The van der Waals surface area contributed by atoms with Gasteiger partial charge in [-0.3, -0.25) is 10.1 Å². The summed E-state index contributed by atoms with van der Waals surface area (Å²) >= 11 is 0. The molecule has 0 saturated carbocycles. The largest absolute Gasteiger partial charge is 0.304 e. The van der Waals surface area contributed by atoms with Crippen molar-refractivity contribution in [2.24, 2.45) is 4.52 Å². The van der Waals surface area contributed by atoms with Crippen LogP contribution >= 0.6 is 0 Å². The van der Waals surface area contributed by atoms with E-state index in [-0.39, 0.29) is 0 Å². The molecule has 16 heavy (non-hydrogen) atoms. The highest BCUT2D eigenvalue weighted by molar-refractivity contribution is 7.90. The van der Waals surface area contributed by atoms with Crippen LogP contribution in [0.4, 0.5) is 10.1 Å². The highest BCUT2D eigenvalue weighted by atomic mass is 32.2. The number of nitro benzene ring substituents is 1. The van der Waals surface area contributed by atoms with Crippen molar-refractivity contribution in [3.63, 3.8) is 0 Å². The molecule has 0 aliphatic carbocycles. The Bertz CT molecular complexity index is 593. The summed E-state index contributed by atoms with van der Waals surface area (Å²) in [6.45, 7) is 0. The molecule has 0 spiro atoms. The van der Waals surface area contributed by atoms with Crippen molar-refractivity contribution in [1.82, 2.24) is 0 Å². The van der Waals surface area contributed by atoms with Gasteiger partial charge in [0.2, 0.25) is 5.82 Å². The fraction of sp³-hybridized carbons (Fsp3) is 0. The van der Waals surface area contributed by atoms with Gasteiger partial charge in [0, 0.05) is 15.5 Å². The maximum atomic E-state index is 13.0. The van der Waals surface area contributed by atoms with E-state index in [4.69, 9.17) is 5.53 Å². The summed E-state index contributed by atoms with van der Waals surface area (Å²) in [6, 6.07) is 1.88. The van der Waals surface area contributed by atoms with Gasteiger partial charge in [-0.1, -0.05) is 0 Å². The van der Waals surface area contributed by atoms with Crippen molar-refractivity contribution in [3.05, 3.63) is 44.6 Å². The fourth-order valence-electron chi connectivity index (χ4n) is 0.891. The van der Waals surface area contributed by atoms with Gasteiger partial charge in [-0.15, -0.1) is 0 Å². The Hall–Kier alpha value is -2.19. The molecule has 1 aromatic rings. The van der Waals surface area contributed by atoms with Crippen LogP contribution < -0.4 is 0 Å². The standard InChI is InChI=1S/C6H3FN4O4S/c7-5-3-4(16(14,15)10-9-8)1-2-6(5)11(12)13/h1-3H. The Morgan fingerprint density at radius 1 is 1.50 bits per heavy atom. The predicted molar refractivity (Wildman–Crippen MR) is 49.4 cm³/mol. The first-order valence-corrected chi connectivity index (χ1v) is 5.08. The van der Waals surface area contributed by atoms with E-state index in [1.54, 1.807) is 0 Å². The van der Waals surface area contributed by atoms with Gasteiger partial charge in [-0.05, 0) is 17.7 Å². The van der Waals surface area contributed by atoms with Crippen molar-refractivity contribution in [2.45, 2.75) is 4.90 Å². The van der Waals surface area contributed by atoms with Gasteiger partial charge in [0.25, 0.3) is 10.0 Å². The average molecular weight is 246 g/mol. The van der Waals surface area contributed by atoms with Crippen molar-refractivity contribution in [2.75, 3.05) is 0 Å². The maximum Gasteiger partial charge on any atom is 0.304 e. The van der Waals surface area contributed by atoms with E-state index in [2.05, 4.69) is 9.43 Å². The first kappa shape index (κ1) is 11.9. The van der Waals surface area contributed by atoms with Crippen LogP contribution in [-0.2, 0) is 10.0 Å². The third-order valence-corrected chi connectivity index (χ3v) is 2.70. The molecule has 0 aliphatic rings. The van der Waals surface area contributed by atoms with Crippen LogP contribution in [0.2, 0.25) is 0 Å². The molecule has 8 nitrogen and oxygen atoms in total. The van der Waals surface area contributed by atoms with Crippen molar-refractivity contribution >= 4 is 15.7 Å². The normalized spacial score (nSPS) is 10.6. The van der Waals surface area contributed by atoms with Crippen LogP contribution in [0.15, 0.2) is 27.6 Å². The Morgan fingerprint density at radius 3 is 2.56 bits per heavy atom. The first-order valence-electron chi connectivity index (χ1n) is 3.64. The molecule has 0 bridgehead atoms. The zero-order valence-corrected chi connectivity index (χ0v) is 8.26. The number of halogens is 1. The molecule has 0 aliphatic heterocycles. The SMILES string of the molecule is [N-]=[N+]=NS(=O)(=O)c1ccc([N+](=O)[O-])c(F)c1. The molecule has 0 N–H and O–H groups in total. The molecule has 0 radical (unpaired) electrons. The summed E-state index contributed by atoms with van der Waals surface area (Å²) in [7, 11) is -4.33. The lowest BCUT2D eigenvalue weighted by Gasteiger charge is -1.97. The summed E-state index contributed by atoms with van der Waals surface area (Å²) in [5.74, 6) is -1.32. The number of sulfonamides is 1. The summed E-state index contributed by atoms with van der Waals surface area (Å²) in [5.41, 5.74) is 7.09. The van der Waals surface area contributed by atoms with Crippen molar-refractivity contribution in [3.8, 4) is 0 Å². The lowest BCUT2D eigenvalue weighted by Crippen LogP contribution is -1.98. The lowest BCUT2D eigenvalue weighted by atomic mass is 10.3. The molecule has 1 rings (SSSR count). The van der Waals surface area contributed by atoms with E-state index >= 15 is 0 Å². The number of azide groups is 1. The Balaban J connectivity index is 3.37. The summed E-state index contributed by atoms with van der Waals surface area (Å²) in [6.07, 6.45) is 0. The highest BCUT2D eigenvalue weighted by Crippen LogP contribution is 2.21. The van der Waals surface area contributed by atoms with Gasteiger partial charge in [0.15, 0.2) is 0 Å². The molecule has 0 amide bonds. The maximum absolute atomic E-state index is 13.0. The zero-order chi connectivity index (χ0) is 12.3. The lowest BCUT2D eigenvalue weighted by molar-refractivity contribution is -0.387. The van der Waals surface area contributed by atoms with E-state index in [0.717, 1.165) is 6.07 Å². The molecule has 0 unspecified atom stereocenters. The Kier molecular flexibility index (Phi) is 3.06. The highest BCUT2D eigenvalue weighted by Gasteiger charge is 2.19. The van der Waals surface area contributed by atoms with Crippen LogP contribution in [0.25, 0.3) is 10.4 Å². The molecule has 0 fully saturated rings. The molecule has 0 saturated heterocycles.